The summed E-state index contributed by atoms with van der Waals surface area (Å²) in [5, 5.41) is 27.0. The summed E-state index contributed by atoms with van der Waals surface area (Å²) >= 11 is 0. The average molecular weight is 192 g/mol. The minimum atomic E-state index is -0.561. The van der Waals surface area contributed by atoms with Crippen molar-refractivity contribution < 1.29 is 20.1 Å². The van der Waals surface area contributed by atoms with Crippen molar-refractivity contribution in [2.24, 2.45) is 5.41 Å². The minimum absolute atomic E-state index is 0.0974. The first-order valence-corrected chi connectivity index (χ1v) is 4.57. The Kier molecular flexibility index (Phi) is 6.24. The monoisotopic (exact) mass is 192 g/mol. The van der Waals surface area contributed by atoms with Crippen molar-refractivity contribution in [2.45, 2.75) is 26.4 Å². The summed E-state index contributed by atoms with van der Waals surface area (Å²) < 4.78 is 5.16. The van der Waals surface area contributed by atoms with Gasteiger partial charge in [-0.3, -0.25) is 0 Å². The Morgan fingerprint density at radius 1 is 1.31 bits per heavy atom. The number of hydrogen-bond donors (Lipinski definition) is 3. The first-order chi connectivity index (χ1) is 6.10. The minimum Gasteiger partial charge on any atom is -0.396 e. The second kappa shape index (κ2) is 6.32. The second-order valence-corrected chi connectivity index (χ2v) is 3.53. The van der Waals surface area contributed by atoms with E-state index in [-0.39, 0.29) is 26.4 Å². The molecule has 3 N–H and O–H groups in total. The Labute approximate surface area is 79.2 Å². The SMILES string of the molecule is CCC(CO)(CO)COCC(C)O. The fourth-order valence-corrected chi connectivity index (χ4v) is 0.913. The molecule has 0 aromatic heterocycles. The molecule has 80 valence electrons. The van der Waals surface area contributed by atoms with Gasteiger partial charge in [-0.25, -0.2) is 0 Å². The molecule has 0 spiro atoms. The van der Waals surface area contributed by atoms with Crippen LogP contribution in [-0.2, 0) is 4.74 Å². The largest absolute Gasteiger partial charge is 0.396 e. The molecule has 4 nitrogen and oxygen atoms in total. The smallest absolute Gasteiger partial charge is 0.0745 e. The predicted molar refractivity (Wildman–Crippen MR) is 49.4 cm³/mol. The van der Waals surface area contributed by atoms with Crippen molar-refractivity contribution in [3.05, 3.63) is 0 Å². The molecule has 0 heterocycles. The molecule has 0 aliphatic carbocycles. The van der Waals surface area contributed by atoms with Crippen LogP contribution >= 0.6 is 0 Å². The number of aliphatic hydroxyl groups is 3. The van der Waals surface area contributed by atoms with Crippen LogP contribution < -0.4 is 0 Å². The fraction of sp³-hybridized carbons (Fsp3) is 1.00. The van der Waals surface area contributed by atoms with Crippen LogP contribution in [0.4, 0.5) is 0 Å². The van der Waals surface area contributed by atoms with Gasteiger partial charge in [-0.2, -0.15) is 0 Å². The molecular weight excluding hydrogens is 172 g/mol. The maximum Gasteiger partial charge on any atom is 0.0745 e. The van der Waals surface area contributed by atoms with Crippen LogP contribution in [0.15, 0.2) is 0 Å². The van der Waals surface area contributed by atoms with E-state index in [1.165, 1.54) is 0 Å². The number of hydrogen-bond acceptors (Lipinski definition) is 4. The molecule has 0 saturated heterocycles. The lowest BCUT2D eigenvalue weighted by atomic mass is 9.88. The molecule has 0 saturated carbocycles. The number of aliphatic hydroxyl groups excluding tert-OH is 3. The molecule has 0 radical (unpaired) electrons. The molecule has 0 aliphatic rings. The highest BCUT2D eigenvalue weighted by molar-refractivity contribution is 4.75. The maximum atomic E-state index is 9.04. The lowest BCUT2D eigenvalue weighted by molar-refractivity contribution is -0.0490. The zero-order chi connectivity index (χ0) is 10.3. The Balaban J connectivity index is 3.81. The van der Waals surface area contributed by atoms with Crippen molar-refractivity contribution in [3.8, 4) is 0 Å². The molecule has 0 aliphatic heterocycles. The van der Waals surface area contributed by atoms with E-state index in [1.54, 1.807) is 6.92 Å². The second-order valence-electron chi connectivity index (χ2n) is 3.53. The molecule has 0 aromatic rings. The predicted octanol–water partition coefficient (Wildman–Crippen LogP) is -0.235. The molecular formula is C9H20O4. The molecule has 13 heavy (non-hydrogen) atoms. The van der Waals surface area contributed by atoms with Gasteiger partial charge >= 0.3 is 0 Å². The first kappa shape index (κ1) is 12.8. The van der Waals surface area contributed by atoms with Crippen LogP contribution in [-0.4, -0.2) is 47.9 Å². The Morgan fingerprint density at radius 2 is 1.85 bits per heavy atom. The van der Waals surface area contributed by atoms with E-state index >= 15 is 0 Å². The van der Waals surface area contributed by atoms with Crippen LogP contribution in [0.2, 0.25) is 0 Å². The molecule has 0 bridgehead atoms. The lowest BCUT2D eigenvalue weighted by Gasteiger charge is -2.28. The van der Waals surface area contributed by atoms with Gasteiger partial charge in [-0.15, -0.1) is 0 Å². The van der Waals surface area contributed by atoms with E-state index < -0.39 is 11.5 Å². The summed E-state index contributed by atoms with van der Waals surface area (Å²) in [5.74, 6) is 0. The van der Waals surface area contributed by atoms with E-state index in [4.69, 9.17) is 20.1 Å². The third-order valence-corrected chi connectivity index (χ3v) is 2.19. The molecule has 0 aromatic carbocycles. The lowest BCUT2D eigenvalue weighted by Crippen LogP contribution is -2.35. The van der Waals surface area contributed by atoms with Crippen molar-refractivity contribution in [2.75, 3.05) is 26.4 Å². The summed E-state index contributed by atoms with van der Waals surface area (Å²) in [6, 6.07) is 0. The van der Waals surface area contributed by atoms with Crippen LogP contribution in [0.25, 0.3) is 0 Å². The van der Waals surface area contributed by atoms with Crippen LogP contribution in [0.5, 0.6) is 0 Å². The first-order valence-electron chi connectivity index (χ1n) is 4.57. The van der Waals surface area contributed by atoms with E-state index in [1.807, 2.05) is 6.92 Å². The molecule has 0 rings (SSSR count). The van der Waals surface area contributed by atoms with Gasteiger partial charge < -0.3 is 20.1 Å². The zero-order valence-corrected chi connectivity index (χ0v) is 8.36. The zero-order valence-electron chi connectivity index (χ0n) is 8.36. The molecule has 4 heteroatoms. The van der Waals surface area contributed by atoms with Gasteiger partial charge in [0.25, 0.3) is 0 Å². The van der Waals surface area contributed by atoms with Crippen molar-refractivity contribution >= 4 is 0 Å². The van der Waals surface area contributed by atoms with Gasteiger partial charge in [-0.05, 0) is 13.3 Å². The van der Waals surface area contributed by atoms with E-state index in [0.29, 0.717) is 6.42 Å². The van der Waals surface area contributed by atoms with Gasteiger partial charge in [-0.1, -0.05) is 6.92 Å². The van der Waals surface area contributed by atoms with Gasteiger partial charge in [0.2, 0.25) is 0 Å². The van der Waals surface area contributed by atoms with E-state index in [2.05, 4.69) is 0 Å². The number of ether oxygens (including phenoxy) is 1. The normalized spacial score (nSPS) is 14.5. The van der Waals surface area contributed by atoms with Crippen molar-refractivity contribution in [3.63, 3.8) is 0 Å². The summed E-state index contributed by atoms with van der Waals surface area (Å²) in [4.78, 5) is 0. The highest BCUT2D eigenvalue weighted by Gasteiger charge is 2.26. The summed E-state index contributed by atoms with van der Waals surface area (Å²) in [7, 11) is 0. The third-order valence-electron chi connectivity index (χ3n) is 2.19. The third kappa shape index (κ3) is 4.57. The molecule has 1 unspecified atom stereocenters. The quantitative estimate of drug-likeness (QED) is 0.521. The van der Waals surface area contributed by atoms with Crippen LogP contribution in [0.3, 0.4) is 0 Å². The molecule has 0 amide bonds. The van der Waals surface area contributed by atoms with Crippen molar-refractivity contribution in [1.82, 2.24) is 0 Å². The van der Waals surface area contributed by atoms with Gasteiger partial charge in [0.15, 0.2) is 0 Å². The summed E-state index contributed by atoms with van der Waals surface area (Å²) in [6.45, 7) is 3.84. The molecule has 0 fully saturated rings. The van der Waals surface area contributed by atoms with E-state index in [0.717, 1.165) is 0 Å². The highest BCUT2D eigenvalue weighted by atomic mass is 16.5. The summed E-state index contributed by atoms with van der Waals surface area (Å²) in [5.41, 5.74) is -0.561. The number of rotatable bonds is 7. The van der Waals surface area contributed by atoms with Crippen molar-refractivity contribution in [1.29, 1.82) is 0 Å². The van der Waals surface area contributed by atoms with Crippen LogP contribution in [0, 0.1) is 5.41 Å². The molecule has 1 atom stereocenters. The maximum absolute atomic E-state index is 9.04. The fourth-order valence-electron chi connectivity index (χ4n) is 0.913. The Morgan fingerprint density at radius 3 is 2.15 bits per heavy atom. The van der Waals surface area contributed by atoms with Gasteiger partial charge in [0.05, 0.1) is 32.5 Å². The Hall–Kier alpha value is -0.160. The standard InChI is InChI=1S/C9H20O4/c1-3-9(5-10,6-11)7-13-4-8(2)12/h8,10-12H,3-7H2,1-2H3. The van der Waals surface area contributed by atoms with Gasteiger partial charge in [0, 0.05) is 5.41 Å². The average Bonchev–Trinajstić information content (AvgIpc) is 2.13. The topological polar surface area (TPSA) is 69.9 Å². The van der Waals surface area contributed by atoms with Crippen LogP contribution in [0.1, 0.15) is 20.3 Å². The highest BCUT2D eigenvalue weighted by Crippen LogP contribution is 2.20. The van der Waals surface area contributed by atoms with Gasteiger partial charge in [0.1, 0.15) is 0 Å². The Bertz CT molecular complexity index is 113. The summed E-state index contributed by atoms with van der Waals surface area (Å²) in [6.07, 6.45) is 0.145. The van der Waals surface area contributed by atoms with E-state index in [9.17, 15) is 0 Å².